The number of benzene rings is 3. The van der Waals surface area contributed by atoms with E-state index in [0.29, 0.717) is 65.4 Å². The Hall–Kier alpha value is -3.22. The molecule has 5 nitrogen and oxygen atoms in total. The van der Waals surface area contributed by atoms with Crippen LogP contribution in [0.25, 0.3) is 40.0 Å². The minimum atomic E-state index is -0.337. The highest BCUT2D eigenvalue weighted by Gasteiger charge is 2.13. The largest absolute Gasteiger partial charge is 0.457 e. The molecule has 0 unspecified atom stereocenters. The highest BCUT2D eigenvalue weighted by atomic mass is 35.5. The summed E-state index contributed by atoms with van der Waals surface area (Å²) < 4.78 is 11.6. The lowest BCUT2D eigenvalue weighted by Crippen LogP contribution is -2.07. The van der Waals surface area contributed by atoms with Gasteiger partial charge in [0.05, 0.1) is 15.6 Å². The molecule has 0 saturated heterocycles. The first-order valence-electron chi connectivity index (χ1n) is 10.3. The molecule has 0 aliphatic carbocycles. The predicted octanol–water partition coefficient (Wildman–Crippen LogP) is 9.02. The zero-order valence-electron chi connectivity index (χ0n) is 17.7. The molecule has 5 aromatic rings. The SMILES string of the molecule is O=C(/C=C/c1ccc(-c2ccc(Cl)cc2Cl)o1)Nc1ccc2oc(-c3ccc(Cl)cc3Cl)nc2c1. The van der Waals surface area contributed by atoms with Crippen LogP contribution in [0.15, 0.2) is 81.6 Å². The van der Waals surface area contributed by atoms with E-state index in [1.165, 1.54) is 6.08 Å². The first kappa shape index (κ1) is 23.5. The van der Waals surface area contributed by atoms with Crippen molar-refractivity contribution < 1.29 is 13.6 Å². The summed E-state index contributed by atoms with van der Waals surface area (Å²) in [6.07, 6.45) is 2.94. The van der Waals surface area contributed by atoms with Gasteiger partial charge in [0.15, 0.2) is 5.58 Å². The van der Waals surface area contributed by atoms with Gasteiger partial charge >= 0.3 is 0 Å². The number of hydrogen-bond acceptors (Lipinski definition) is 4. The Bertz CT molecular complexity index is 1600. The van der Waals surface area contributed by atoms with Crippen molar-refractivity contribution in [1.29, 1.82) is 0 Å². The van der Waals surface area contributed by atoms with E-state index in [9.17, 15) is 4.79 Å². The molecule has 0 radical (unpaired) electrons. The Labute approximate surface area is 219 Å². The standard InChI is InChI=1S/C26H14Cl4N2O3/c27-14-1-6-18(20(29)11-14)23-9-4-17(34-23)5-10-25(33)31-16-3-8-24-22(13-16)32-26(35-24)19-7-2-15(28)12-21(19)30/h1-13H,(H,31,33)/b10-5+. The van der Waals surface area contributed by atoms with Gasteiger partial charge in [-0.25, -0.2) is 4.98 Å². The van der Waals surface area contributed by atoms with E-state index in [0.717, 1.165) is 0 Å². The fourth-order valence-corrected chi connectivity index (χ4v) is 4.39. The molecule has 9 heteroatoms. The van der Waals surface area contributed by atoms with E-state index in [-0.39, 0.29) is 5.91 Å². The molecule has 5 rings (SSSR count). The fourth-order valence-electron chi connectivity index (χ4n) is 3.40. The number of nitrogens with one attached hydrogen (secondary N) is 1. The zero-order valence-corrected chi connectivity index (χ0v) is 20.7. The topological polar surface area (TPSA) is 68.3 Å². The molecule has 0 atom stereocenters. The van der Waals surface area contributed by atoms with E-state index in [1.54, 1.807) is 72.8 Å². The molecule has 2 aromatic heterocycles. The summed E-state index contributed by atoms with van der Waals surface area (Å²) in [6, 6.07) is 18.9. The number of carbonyl (C=O) groups is 1. The molecule has 0 bridgehead atoms. The van der Waals surface area contributed by atoms with Gasteiger partial charge in [0.25, 0.3) is 0 Å². The van der Waals surface area contributed by atoms with Crippen LogP contribution in [0.3, 0.4) is 0 Å². The second-order valence-corrected chi connectivity index (χ2v) is 9.16. The van der Waals surface area contributed by atoms with Crippen molar-refractivity contribution in [3.05, 3.63) is 98.7 Å². The summed E-state index contributed by atoms with van der Waals surface area (Å²) in [7, 11) is 0. The summed E-state index contributed by atoms with van der Waals surface area (Å²) in [6.45, 7) is 0. The van der Waals surface area contributed by atoms with Crippen molar-refractivity contribution in [1.82, 2.24) is 4.98 Å². The van der Waals surface area contributed by atoms with Gasteiger partial charge in [-0.3, -0.25) is 4.79 Å². The maximum Gasteiger partial charge on any atom is 0.248 e. The Balaban J connectivity index is 1.29. The molecule has 1 N–H and O–H groups in total. The van der Waals surface area contributed by atoms with Crippen LogP contribution >= 0.6 is 46.4 Å². The van der Waals surface area contributed by atoms with Crippen molar-refractivity contribution in [2.24, 2.45) is 0 Å². The number of anilines is 1. The van der Waals surface area contributed by atoms with Crippen LogP contribution in [0, 0.1) is 0 Å². The van der Waals surface area contributed by atoms with Crippen molar-refractivity contribution in [3.63, 3.8) is 0 Å². The molecule has 0 aliphatic rings. The second kappa shape index (κ2) is 9.80. The predicted molar refractivity (Wildman–Crippen MR) is 141 cm³/mol. The fraction of sp³-hybridized carbons (Fsp3) is 0. The van der Waals surface area contributed by atoms with Gasteiger partial charge in [0.1, 0.15) is 17.0 Å². The number of oxazole rings is 1. The minimum Gasteiger partial charge on any atom is -0.457 e. The summed E-state index contributed by atoms with van der Waals surface area (Å²) in [5.41, 5.74) is 3.02. The number of aromatic nitrogens is 1. The van der Waals surface area contributed by atoms with Gasteiger partial charge in [0.2, 0.25) is 11.8 Å². The van der Waals surface area contributed by atoms with Crippen molar-refractivity contribution in [2.45, 2.75) is 0 Å². The maximum atomic E-state index is 12.4. The van der Waals surface area contributed by atoms with Crippen LogP contribution < -0.4 is 5.32 Å². The van der Waals surface area contributed by atoms with Crippen molar-refractivity contribution in [3.8, 4) is 22.8 Å². The van der Waals surface area contributed by atoms with Gasteiger partial charge in [-0.15, -0.1) is 0 Å². The van der Waals surface area contributed by atoms with Crippen LogP contribution in [0.5, 0.6) is 0 Å². The van der Waals surface area contributed by atoms with Crippen LogP contribution in [-0.4, -0.2) is 10.9 Å². The van der Waals surface area contributed by atoms with E-state index in [1.807, 2.05) is 0 Å². The van der Waals surface area contributed by atoms with Crippen molar-refractivity contribution in [2.75, 3.05) is 5.32 Å². The average Bonchev–Trinajstić information content (AvgIpc) is 3.44. The smallest absolute Gasteiger partial charge is 0.248 e. The van der Waals surface area contributed by atoms with Crippen molar-refractivity contribution >= 4 is 75.2 Å². The average molecular weight is 544 g/mol. The molecule has 0 spiro atoms. The van der Waals surface area contributed by atoms with E-state index >= 15 is 0 Å². The molecule has 174 valence electrons. The highest BCUT2D eigenvalue weighted by Crippen LogP contribution is 2.33. The number of nitrogens with zero attached hydrogens (tertiary/aromatic N) is 1. The first-order valence-corrected chi connectivity index (χ1v) is 11.8. The third kappa shape index (κ3) is 5.24. The maximum absolute atomic E-state index is 12.4. The highest BCUT2D eigenvalue weighted by molar-refractivity contribution is 6.37. The number of fused-ring (bicyclic) bond motifs is 1. The quantitative estimate of drug-likeness (QED) is 0.224. The third-order valence-corrected chi connectivity index (χ3v) is 6.13. The Morgan fingerprint density at radius 2 is 1.51 bits per heavy atom. The summed E-state index contributed by atoms with van der Waals surface area (Å²) >= 11 is 24.4. The molecule has 0 saturated carbocycles. The first-order chi connectivity index (χ1) is 16.9. The third-order valence-electron chi connectivity index (χ3n) is 5.04. The van der Waals surface area contributed by atoms with E-state index in [4.69, 9.17) is 55.2 Å². The number of amides is 1. The number of hydrogen-bond donors (Lipinski definition) is 1. The van der Waals surface area contributed by atoms with Crippen LogP contribution in [0.4, 0.5) is 5.69 Å². The van der Waals surface area contributed by atoms with Crippen LogP contribution in [0.1, 0.15) is 5.76 Å². The Morgan fingerprint density at radius 3 is 2.23 bits per heavy atom. The second-order valence-electron chi connectivity index (χ2n) is 7.47. The molecule has 1 amide bonds. The molecule has 0 fully saturated rings. The molecule has 35 heavy (non-hydrogen) atoms. The molecule has 0 aliphatic heterocycles. The van der Waals surface area contributed by atoms with Gasteiger partial charge < -0.3 is 14.2 Å². The molecular weight excluding hydrogens is 530 g/mol. The summed E-state index contributed by atoms with van der Waals surface area (Å²) in [5, 5.41) is 4.77. The van der Waals surface area contributed by atoms with E-state index in [2.05, 4.69) is 10.3 Å². The number of carbonyl (C=O) groups excluding carboxylic acids is 1. The summed E-state index contributed by atoms with van der Waals surface area (Å²) in [5.74, 6) is 1.09. The number of rotatable bonds is 5. The van der Waals surface area contributed by atoms with Crippen LogP contribution in [-0.2, 0) is 4.79 Å². The minimum absolute atomic E-state index is 0.337. The molecular formula is C26H14Cl4N2O3. The zero-order chi connectivity index (χ0) is 24.5. The lowest BCUT2D eigenvalue weighted by molar-refractivity contribution is -0.111. The normalized spacial score (nSPS) is 11.4. The summed E-state index contributed by atoms with van der Waals surface area (Å²) in [4.78, 5) is 16.9. The van der Waals surface area contributed by atoms with Gasteiger partial charge in [-0.1, -0.05) is 46.4 Å². The van der Waals surface area contributed by atoms with E-state index < -0.39 is 0 Å². The Kier molecular flexibility index (Phi) is 6.58. The number of furan rings is 1. The Morgan fingerprint density at radius 1 is 0.800 bits per heavy atom. The lowest BCUT2D eigenvalue weighted by Gasteiger charge is -2.01. The molecule has 2 heterocycles. The van der Waals surface area contributed by atoms with Gasteiger partial charge in [0, 0.05) is 27.4 Å². The lowest BCUT2D eigenvalue weighted by atomic mass is 10.2. The number of halogens is 4. The van der Waals surface area contributed by atoms with Gasteiger partial charge in [-0.2, -0.15) is 0 Å². The van der Waals surface area contributed by atoms with Gasteiger partial charge in [-0.05, 0) is 72.8 Å². The monoisotopic (exact) mass is 542 g/mol. The van der Waals surface area contributed by atoms with Crippen LogP contribution in [0.2, 0.25) is 20.1 Å². The molecule has 3 aromatic carbocycles.